The molecule has 1 N–H and O–H groups in total. The van der Waals surface area contributed by atoms with Crippen LogP contribution in [-0.2, 0) is 16.0 Å². The summed E-state index contributed by atoms with van der Waals surface area (Å²) in [6.45, 7) is 2.26. The molecule has 0 aliphatic carbocycles. The van der Waals surface area contributed by atoms with Crippen LogP contribution in [0.25, 0.3) is 0 Å². The van der Waals surface area contributed by atoms with Crippen molar-refractivity contribution in [2.45, 2.75) is 19.4 Å². The SMILES string of the molecule is CCOC(=O)C(O)c1cc2c(cc1F)OCC2. The Morgan fingerprint density at radius 2 is 2.41 bits per heavy atom. The van der Waals surface area contributed by atoms with Gasteiger partial charge in [0, 0.05) is 18.1 Å². The lowest BCUT2D eigenvalue weighted by molar-refractivity contribution is -0.153. The molecule has 1 aliphatic rings. The number of ether oxygens (including phenoxy) is 2. The van der Waals surface area contributed by atoms with E-state index in [4.69, 9.17) is 4.74 Å². The predicted molar refractivity (Wildman–Crippen MR) is 57.2 cm³/mol. The molecule has 1 unspecified atom stereocenters. The zero-order valence-corrected chi connectivity index (χ0v) is 9.40. The number of fused-ring (bicyclic) bond motifs is 1. The third-order valence-corrected chi connectivity index (χ3v) is 2.61. The third kappa shape index (κ3) is 2.24. The fourth-order valence-electron chi connectivity index (χ4n) is 1.78. The first-order valence-corrected chi connectivity index (χ1v) is 5.43. The van der Waals surface area contributed by atoms with Gasteiger partial charge in [0.1, 0.15) is 11.6 Å². The Balaban J connectivity index is 2.29. The number of carbonyl (C=O) groups excluding carboxylic acids is 1. The average Bonchev–Trinajstić information content (AvgIpc) is 2.74. The molecule has 1 atom stereocenters. The van der Waals surface area contributed by atoms with E-state index in [2.05, 4.69) is 4.74 Å². The average molecular weight is 240 g/mol. The maximum Gasteiger partial charge on any atom is 0.339 e. The Kier molecular flexibility index (Phi) is 3.28. The Bertz CT molecular complexity index is 444. The number of carbonyl (C=O) groups is 1. The molecule has 0 spiro atoms. The fraction of sp³-hybridized carbons (Fsp3) is 0.417. The molecule has 5 heteroatoms. The van der Waals surface area contributed by atoms with Gasteiger partial charge in [-0.05, 0) is 18.6 Å². The molecule has 0 saturated heterocycles. The first-order chi connectivity index (χ1) is 8.13. The van der Waals surface area contributed by atoms with E-state index in [0.717, 1.165) is 5.56 Å². The van der Waals surface area contributed by atoms with Crippen molar-refractivity contribution >= 4 is 5.97 Å². The van der Waals surface area contributed by atoms with Crippen LogP contribution < -0.4 is 4.74 Å². The number of halogens is 1. The Hall–Kier alpha value is -1.62. The second-order valence-electron chi connectivity index (χ2n) is 3.73. The number of benzene rings is 1. The number of esters is 1. The van der Waals surface area contributed by atoms with Gasteiger partial charge in [0.05, 0.1) is 13.2 Å². The first-order valence-electron chi connectivity index (χ1n) is 5.43. The Morgan fingerprint density at radius 1 is 1.65 bits per heavy atom. The molecule has 92 valence electrons. The van der Waals surface area contributed by atoms with Crippen molar-refractivity contribution in [3.63, 3.8) is 0 Å². The van der Waals surface area contributed by atoms with Gasteiger partial charge in [-0.1, -0.05) is 0 Å². The molecule has 1 aliphatic heterocycles. The summed E-state index contributed by atoms with van der Waals surface area (Å²) in [7, 11) is 0. The van der Waals surface area contributed by atoms with E-state index in [1.54, 1.807) is 6.92 Å². The van der Waals surface area contributed by atoms with Gasteiger partial charge in [0.15, 0.2) is 6.10 Å². The van der Waals surface area contributed by atoms with Crippen LogP contribution >= 0.6 is 0 Å². The van der Waals surface area contributed by atoms with Crippen molar-refractivity contribution in [1.29, 1.82) is 0 Å². The van der Waals surface area contributed by atoms with Gasteiger partial charge < -0.3 is 14.6 Å². The van der Waals surface area contributed by atoms with E-state index in [1.165, 1.54) is 12.1 Å². The van der Waals surface area contributed by atoms with Crippen LogP contribution in [0.1, 0.15) is 24.2 Å². The van der Waals surface area contributed by atoms with Crippen molar-refractivity contribution in [2.75, 3.05) is 13.2 Å². The Morgan fingerprint density at radius 3 is 3.12 bits per heavy atom. The number of aliphatic hydroxyl groups excluding tert-OH is 1. The number of rotatable bonds is 3. The number of hydrogen-bond acceptors (Lipinski definition) is 4. The van der Waals surface area contributed by atoms with Gasteiger partial charge in [-0.25, -0.2) is 9.18 Å². The quantitative estimate of drug-likeness (QED) is 0.810. The topological polar surface area (TPSA) is 55.8 Å². The van der Waals surface area contributed by atoms with E-state index in [1.807, 2.05) is 0 Å². The zero-order chi connectivity index (χ0) is 12.4. The van der Waals surface area contributed by atoms with Gasteiger partial charge in [-0.3, -0.25) is 0 Å². The minimum absolute atomic E-state index is 0.0623. The highest BCUT2D eigenvalue weighted by Crippen LogP contribution is 2.31. The minimum atomic E-state index is -1.58. The van der Waals surface area contributed by atoms with E-state index < -0.39 is 17.9 Å². The summed E-state index contributed by atoms with van der Waals surface area (Å²) in [6, 6.07) is 2.65. The second-order valence-corrected chi connectivity index (χ2v) is 3.73. The fourth-order valence-corrected chi connectivity index (χ4v) is 1.78. The van der Waals surface area contributed by atoms with Crippen LogP contribution in [-0.4, -0.2) is 24.3 Å². The summed E-state index contributed by atoms with van der Waals surface area (Å²) in [4.78, 5) is 11.3. The number of hydrogen-bond donors (Lipinski definition) is 1. The normalized spacial score (nSPS) is 15.0. The van der Waals surface area contributed by atoms with Crippen LogP contribution in [0.5, 0.6) is 5.75 Å². The van der Waals surface area contributed by atoms with Gasteiger partial charge in [0.2, 0.25) is 0 Å². The molecule has 1 aromatic carbocycles. The molecule has 1 heterocycles. The van der Waals surface area contributed by atoms with Crippen LogP contribution in [0.2, 0.25) is 0 Å². The maximum absolute atomic E-state index is 13.6. The summed E-state index contributed by atoms with van der Waals surface area (Å²) in [5, 5.41) is 9.68. The maximum atomic E-state index is 13.6. The van der Waals surface area contributed by atoms with Gasteiger partial charge in [-0.15, -0.1) is 0 Å². The highest BCUT2D eigenvalue weighted by atomic mass is 19.1. The summed E-state index contributed by atoms with van der Waals surface area (Å²) in [6.07, 6.45) is -0.932. The van der Waals surface area contributed by atoms with Crippen LogP contribution in [0, 0.1) is 5.82 Å². The van der Waals surface area contributed by atoms with E-state index in [-0.39, 0.29) is 12.2 Å². The van der Waals surface area contributed by atoms with Crippen LogP contribution in [0.4, 0.5) is 4.39 Å². The summed E-state index contributed by atoms with van der Waals surface area (Å²) in [5.41, 5.74) is 0.734. The highest BCUT2D eigenvalue weighted by molar-refractivity contribution is 5.76. The lowest BCUT2D eigenvalue weighted by atomic mass is 10.0. The molecule has 0 fully saturated rings. The van der Waals surface area contributed by atoms with Crippen LogP contribution in [0.3, 0.4) is 0 Å². The highest BCUT2D eigenvalue weighted by Gasteiger charge is 2.25. The molecule has 2 rings (SSSR count). The Labute approximate surface area is 98.0 Å². The summed E-state index contributed by atoms with van der Waals surface area (Å²) in [5.74, 6) is -1.03. The molecule has 0 radical (unpaired) electrons. The van der Waals surface area contributed by atoms with E-state index >= 15 is 0 Å². The molecular formula is C12H13FO4. The summed E-state index contributed by atoms with van der Waals surface area (Å²) >= 11 is 0. The molecule has 0 bridgehead atoms. The first kappa shape index (κ1) is 11.9. The van der Waals surface area contributed by atoms with Crippen molar-refractivity contribution in [3.05, 3.63) is 29.1 Å². The van der Waals surface area contributed by atoms with Crippen molar-refractivity contribution < 1.29 is 23.8 Å². The predicted octanol–water partition coefficient (Wildman–Crippen LogP) is 1.36. The van der Waals surface area contributed by atoms with Gasteiger partial charge in [-0.2, -0.15) is 0 Å². The number of aliphatic hydroxyl groups is 1. The molecule has 0 aromatic heterocycles. The molecule has 1 aromatic rings. The van der Waals surface area contributed by atoms with Crippen molar-refractivity contribution in [2.24, 2.45) is 0 Å². The summed E-state index contributed by atoms with van der Waals surface area (Å²) < 4.78 is 23.5. The molecule has 17 heavy (non-hydrogen) atoms. The lowest BCUT2D eigenvalue weighted by Crippen LogP contribution is -2.16. The largest absolute Gasteiger partial charge is 0.493 e. The monoisotopic (exact) mass is 240 g/mol. The van der Waals surface area contributed by atoms with Gasteiger partial charge in [0.25, 0.3) is 0 Å². The van der Waals surface area contributed by atoms with E-state index in [9.17, 15) is 14.3 Å². The van der Waals surface area contributed by atoms with Crippen LogP contribution in [0.15, 0.2) is 12.1 Å². The van der Waals surface area contributed by atoms with Gasteiger partial charge >= 0.3 is 5.97 Å². The smallest absolute Gasteiger partial charge is 0.339 e. The lowest BCUT2D eigenvalue weighted by Gasteiger charge is -2.12. The molecule has 4 nitrogen and oxygen atoms in total. The minimum Gasteiger partial charge on any atom is -0.493 e. The van der Waals surface area contributed by atoms with Crippen molar-refractivity contribution in [3.8, 4) is 5.75 Å². The zero-order valence-electron chi connectivity index (χ0n) is 9.40. The second kappa shape index (κ2) is 4.71. The van der Waals surface area contributed by atoms with E-state index in [0.29, 0.717) is 18.8 Å². The standard InChI is InChI=1S/C12H13FO4/c1-2-16-12(15)11(14)8-5-7-3-4-17-10(7)6-9(8)13/h5-6,11,14H,2-4H2,1H3. The molecule has 0 saturated carbocycles. The molecular weight excluding hydrogens is 227 g/mol. The van der Waals surface area contributed by atoms with Crippen molar-refractivity contribution in [1.82, 2.24) is 0 Å². The third-order valence-electron chi connectivity index (χ3n) is 2.61. The molecule has 0 amide bonds.